The van der Waals surface area contributed by atoms with Gasteiger partial charge in [-0.3, -0.25) is 14.4 Å². The van der Waals surface area contributed by atoms with Crippen LogP contribution >= 0.6 is 0 Å². The molecule has 2 aromatic rings. The Morgan fingerprint density at radius 2 is 2.10 bits per heavy atom. The van der Waals surface area contributed by atoms with Crippen LogP contribution in [0.5, 0.6) is 5.75 Å². The molecule has 3 aliphatic rings. The maximum atomic E-state index is 14.1. The van der Waals surface area contributed by atoms with E-state index in [0.717, 1.165) is 12.5 Å². The highest BCUT2D eigenvalue weighted by Crippen LogP contribution is 2.45. The van der Waals surface area contributed by atoms with Crippen LogP contribution in [-0.4, -0.2) is 52.2 Å². The number of nitrogens with one attached hydrogen (secondary N) is 1. The molecule has 1 N–H and O–H groups in total. The number of oxime groups is 1. The molecule has 0 radical (unpaired) electrons. The molecule has 208 valence electrons. The molecule has 39 heavy (non-hydrogen) atoms. The molecule has 4 heterocycles. The Balaban J connectivity index is 1.59. The number of amides is 2. The molecule has 1 aromatic carbocycles. The number of rotatable bonds is 7. The minimum Gasteiger partial charge on any atom is -0.487 e. The number of pyridine rings is 1. The number of unbranched alkanes of at least 4 members (excludes halogenated alkanes) is 1. The zero-order chi connectivity index (χ0) is 27.9. The Labute approximate surface area is 223 Å². The fourth-order valence-corrected chi connectivity index (χ4v) is 5.22. The minimum atomic E-state index is -1.25. The van der Waals surface area contributed by atoms with Crippen molar-refractivity contribution < 1.29 is 32.7 Å². The molecule has 10 nitrogen and oxygen atoms in total. The van der Waals surface area contributed by atoms with Gasteiger partial charge in [0.2, 0.25) is 11.3 Å². The van der Waals surface area contributed by atoms with E-state index < -0.39 is 40.7 Å². The van der Waals surface area contributed by atoms with Gasteiger partial charge in [0.1, 0.15) is 23.2 Å². The van der Waals surface area contributed by atoms with E-state index in [1.54, 1.807) is 11.8 Å². The molecule has 1 saturated heterocycles. The third-order valence-corrected chi connectivity index (χ3v) is 7.40. The van der Waals surface area contributed by atoms with Crippen LogP contribution in [0, 0.1) is 11.6 Å². The van der Waals surface area contributed by atoms with E-state index >= 15 is 0 Å². The summed E-state index contributed by atoms with van der Waals surface area (Å²) >= 11 is 0. The van der Waals surface area contributed by atoms with E-state index in [-0.39, 0.29) is 48.3 Å². The first-order valence-corrected chi connectivity index (χ1v) is 13.0. The van der Waals surface area contributed by atoms with Crippen molar-refractivity contribution in [1.82, 2.24) is 14.8 Å². The largest absolute Gasteiger partial charge is 0.487 e. The van der Waals surface area contributed by atoms with Gasteiger partial charge in [-0.2, -0.15) is 0 Å². The summed E-state index contributed by atoms with van der Waals surface area (Å²) in [6, 6.07) is 2.18. The van der Waals surface area contributed by atoms with Crippen molar-refractivity contribution in [2.75, 3.05) is 13.2 Å². The summed E-state index contributed by atoms with van der Waals surface area (Å²) < 4.78 is 40.9. The average Bonchev–Trinajstić information content (AvgIpc) is 3.23. The minimum absolute atomic E-state index is 0.0124. The second-order valence-electron chi connectivity index (χ2n) is 10.1. The maximum absolute atomic E-state index is 14.1. The highest BCUT2D eigenvalue weighted by Gasteiger charge is 2.56. The zero-order valence-electron chi connectivity index (χ0n) is 22.0. The molecule has 3 atom stereocenters. The van der Waals surface area contributed by atoms with Gasteiger partial charge in [-0.15, -0.1) is 0 Å². The second kappa shape index (κ2) is 10.3. The summed E-state index contributed by atoms with van der Waals surface area (Å²) in [4.78, 5) is 48.1. The third-order valence-electron chi connectivity index (χ3n) is 7.40. The van der Waals surface area contributed by atoms with Crippen molar-refractivity contribution in [2.24, 2.45) is 5.16 Å². The lowest BCUT2D eigenvalue weighted by atomic mass is 9.99. The molecule has 5 rings (SSSR count). The van der Waals surface area contributed by atoms with Crippen molar-refractivity contribution in [3.05, 3.63) is 63.1 Å². The van der Waals surface area contributed by atoms with Crippen LogP contribution in [-0.2, 0) is 16.1 Å². The maximum Gasteiger partial charge on any atom is 0.299 e. The van der Waals surface area contributed by atoms with Gasteiger partial charge < -0.3 is 29.1 Å². The van der Waals surface area contributed by atoms with Gasteiger partial charge in [-0.25, -0.2) is 8.78 Å². The van der Waals surface area contributed by atoms with Crippen molar-refractivity contribution in [2.45, 2.75) is 70.9 Å². The molecule has 0 unspecified atom stereocenters. The standard InChI is InChI=1S/C27H30F2N4O6/c1-4-5-10-37-24-22-26(36)32-14-21(27(9-8-15(32)2)38-16(3)31-39-27)33(22)13-19(23(24)34)25(35)30-12-17-6-7-18(28)11-20(17)29/h6-7,11,13,15,21H,4-5,8-10,12,14H2,1-3H3,(H,30,35)/t15-,21+,27+/m0/s1. The van der Waals surface area contributed by atoms with Crippen LogP contribution in [0.2, 0.25) is 0 Å². The quantitative estimate of drug-likeness (QED) is 0.535. The first-order chi connectivity index (χ1) is 18.6. The van der Waals surface area contributed by atoms with Gasteiger partial charge in [-0.1, -0.05) is 19.4 Å². The van der Waals surface area contributed by atoms with Crippen LogP contribution in [0.15, 0.2) is 34.3 Å². The first kappa shape index (κ1) is 26.6. The monoisotopic (exact) mass is 544 g/mol. The molecule has 12 heteroatoms. The predicted octanol–water partition coefficient (Wildman–Crippen LogP) is 3.49. The highest BCUT2D eigenvalue weighted by molar-refractivity contribution is 5.99. The Bertz CT molecular complexity index is 1410. The lowest BCUT2D eigenvalue weighted by Gasteiger charge is -2.41. The molecule has 2 amide bonds. The Kier molecular flexibility index (Phi) is 7.04. The Morgan fingerprint density at radius 1 is 1.31 bits per heavy atom. The number of ether oxygens (including phenoxy) is 2. The van der Waals surface area contributed by atoms with E-state index in [2.05, 4.69) is 10.5 Å². The molecule has 1 fully saturated rings. The number of nitrogens with zero attached hydrogens (tertiary/aromatic N) is 3. The van der Waals surface area contributed by atoms with Gasteiger partial charge in [0.15, 0.2) is 11.4 Å². The van der Waals surface area contributed by atoms with Crippen LogP contribution < -0.4 is 15.5 Å². The number of benzene rings is 1. The van der Waals surface area contributed by atoms with Gasteiger partial charge in [0.05, 0.1) is 6.61 Å². The van der Waals surface area contributed by atoms with Gasteiger partial charge >= 0.3 is 0 Å². The Morgan fingerprint density at radius 3 is 2.79 bits per heavy atom. The summed E-state index contributed by atoms with van der Waals surface area (Å²) in [7, 11) is 0. The number of carbonyl (C=O) groups excluding carboxylic acids is 2. The van der Waals surface area contributed by atoms with E-state index in [1.807, 2.05) is 13.8 Å². The summed E-state index contributed by atoms with van der Waals surface area (Å²) in [5.41, 5.74) is -0.995. The molecule has 1 spiro atoms. The van der Waals surface area contributed by atoms with Crippen molar-refractivity contribution in [1.29, 1.82) is 0 Å². The van der Waals surface area contributed by atoms with Crippen molar-refractivity contribution in [3.8, 4) is 5.75 Å². The molecule has 1 aromatic heterocycles. The lowest BCUT2D eigenvalue weighted by molar-refractivity contribution is -0.194. The number of hydrogen-bond acceptors (Lipinski definition) is 7. The summed E-state index contributed by atoms with van der Waals surface area (Å²) in [5.74, 6) is -3.92. The molecule has 3 aliphatic heterocycles. The fraction of sp³-hybridized carbons (Fsp3) is 0.481. The van der Waals surface area contributed by atoms with E-state index in [4.69, 9.17) is 14.3 Å². The molecule has 2 bridgehead atoms. The molecule has 0 saturated carbocycles. The van der Waals surface area contributed by atoms with E-state index in [1.165, 1.54) is 16.8 Å². The van der Waals surface area contributed by atoms with Crippen LogP contribution in [0.3, 0.4) is 0 Å². The number of halogens is 2. The smallest absolute Gasteiger partial charge is 0.299 e. The molecular weight excluding hydrogens is 514 g/mol. The van der Waals surface area contributed by atoms with E-state index in [9.17, 15) is 23.2 Å². The normalized spacial score (nSPS) is 23.5. The SMILES string of the molecule is CCCCOc1c2n(cc(C(=O)NCc3ccc(F)cc3F)c1=O)[C@@H]1CN(C2=O)[C@@H](C)CC[C@@]12ON=C(C)O2. The number of aromatic nitrogens is 1. The van der Waals surface area contributed by atoms with Crippen LogP contribution in [0.4, 0.5) is 8.78 Å². The predicted molar refractivity (Wildman–Crippen MR) is 135 cm³/mol. The van der Waals surface area contributed by atoms with Gasteiger partial charge in [0, 0.05) is 50.3 Å². The van der Waals surface area contributed by atoms with Gasteiger partial charge in [0.25, 0.3) is 17.6 Å². The molecule has 0 aliphatic carbocycles. The van der Waals surface area contributed by atoms with Crippen molar-refractivity contribution >= 4 is 17.7 Å². The highest BCUT2D eigenvalue weighted by atomic mass is 19.1. The van der Waals surface area contributed by atoms with Gasteiger partial charge in [-0.05, 0) is 31.0 Å². The summed E-state index contributed by atoms with van der Waals surface area (Å²) in [6.45, 7) is 5.62. The topological polar surface area (TPSA) is 111 Å². The van der Waals surface area contributed by atoms with E-state index in [0.29, 0.717) is 31.2 Å². The van der Waals surface area contributed by atoms with Crippen LogP contribution in [0.1, 0.15) is 78.9 Å². The zero-order valence-corrected chi connectivity index (χ0v) is 22.0. The summed E-state index contributed by atoms with van der Waals surface area (Å²) in [5, 5.41) is 6.52. The first-order valence-electron chi connectivity index (χ1n) is 13.0. The lowest BCUT2D eigenvalue weighted by Crippen LogP contribution is -2.53. The number of carbonyl (C=O) groups is 2. The third kappa shape index (κ3) is 4.72. The van der Waals surface area contributed by atoms with Crippen molar-refractivity contribution in [3.63, 3.8) is 0 Å². The summed E-state index contributed by atoms with van der Waals surface area (Å²) in [6.07, 6.45) is 3.69. The number of fused-ring (bicyclic) bond motifs is 5. The second-order valence-corrected chi connectivity index (χ2v) is 10.1. The Hall–Kier alpha value is -3.96. The van der Waals surface area contributed by atoms with Crippen LogP contribution in [0.25, 0.3) is 0 Å². The average molecular weight is 545 g/mol. The number of hydrogen-bond donors (Lipinski definition) is 1. The molecular formula is C27H30F2N4O6. The fourth-order valence-electron chi connectivity index (χ4n) is 5.22.